The minimum absolute atomic E-state index is 0.728. The maximum Gasteiger partial charge on any atom is 0.173 e. The normalized spacial score (nSPS) is 14.2. The van der Waals surface area contributed by atoms with Crippen molar-refractivity contribution in [3.63, 3.8) is 0 Å². The fraction of sp³-hybridized carbons (Fsp3) is 0.350. The number of nitrogens with zero attached hydrogens (tertiary/aromatic N) is 2. The number of para-hydroxylation sites is 1. The molecule has 0 unspecified atom stereocenters. The highest BCUT2D eigenvalue weighted by molar-refractivity contribution is 7.80. The van der Waals surface area contributed by atoms with Crippen molar-refractivity contribution in [2.75, 3.05) is 43.6 Å². The number of nitrogens with one attached hydrogen (secondary N) is 1. The summed E-state index contributed by atoms with van der Waals surface area (Å²) in [7, 11) is 2.02. The largest absolute Gasteiger partial charge is 0.378 e. The summed E-state index contributed by atoms with van der Waals surface area (Å²) in [6.45, 7) is 6.40. The first kappa shape index (κ1) is 17.7. The van der Waals surface area contributed by atoms with Crippen LogP contribution in [0.25, 0.3) is 0 Å². The molecule has 0 bridgehead atoms. The van der Waals surface area contributed by atoms with Gasteiger partial charge in [0, 0.05) is 38.1 Å². The molecule has 3 rings (SSSR count). The molecule has 132 valence electrons. The second-order valence-corrected chi connectivity index (χ2v) is 6.75. The number of anilines is 2. The minimum Gasteiger partial charge on any atom is -0.378 e. The first-order valence-corrected chi connectivity index (χ1v) is 9.04. The van der Waals surface area contributed by atoms with E-state index in [1.807, 2.05) is 25.2 Å². The van der Waals surface area contributed by atoms with Crippen LogP contribution < -0.4 is 10.2 Å². The first-order chi connectivity index (χ1) is 12.1. The average Bonchev–Trinajstić information content (AvgIpc) is 2.65. The van der Waals surface area contributed by atoms with Gasteiger partial charge in [0.1, 0.15) is 0 Å². The fourth-order valence-electron chi connectivity index (χ4n) is 2.90. The van der Waals surface area contributed by atoms with E-state index in [4.69, 9.17) is 17.0 Å². The lowest BCUT2D eigenvalue weighted by Crippen LogP contribution is -2.36. The molecule has 4 nitrogen and oxygen atoms in total. The van der Waals surface area contributed by atoms with Crippen molar-refractivity contribution < 1.29 is 4.74 Å². The van der Waals surface area contributed by atoms with Gasteiger partial charge in [-0.05, 0) is 48.5 Å². The first-order valence-electron chi connectivity index (χ1n) is 8.63. The summed E-state index contributed by atoms with van der Waals surface area (Å²) in [5.74, 6) is 0. The Kier molecular flexibility index (Phi) is 5.89. The maximum absolute atomic E-state index is 5.54. The molecule has 25 heavy (non-hydrogen) atoms. The van der Waals surface area contributed by atoms with Gasteiger partial charge in [0.05, 0.1) is 13.2 Å². The molecule has 1 heterocycles. The third-order valence-electron chi connectivity index (χ3n) is 4.47. The molecule has 1 N–H and O–H groups in total. The van der Waals surface area contributed by atoms with E-state index in [1.165, 1.54) is 16.8 Å². The van der Waals surface area contributed by atoms with Gasteiger partial charge in [-0.25, -0.2) is 0 Å². The lowest BCUT2D eigenvalue weighted by molar-refractivity contribution is 0.122. The highest BCUT2D eigenvalue weighted by atomic mass is 32.1. The molecule has 0 atom stereocenters. The zero-order valence-electron chi connectivity index (χ0n) is 14.9. The Hall–Kier alpha value is -2.11. The van der Waals surface area contributed by atoms with E-state index in [0.717, 1.165) is 43.6 Å². The van der Waals surface area contributed by atoms with Gasteiger partial charge in [-0.2, -0.15) is 0 Å². The number of ether oxygens (including phenoxy) is 1. The van der Waals surface area contributed by atoms with Gasteiger partial charge in [-0.1, -0.05) is 30.3 Å². The van der Waals surface area contributed by atoms with E-state index < -0.39 is 0 Å². The van der Waals surface area contributed by atoms with Crippen LogP contribution in [-0.2, 0) is 11.3 Å². The van der Waals surface area contributed by atoms with E-state index in [2.05, 4.69) is 52.4 Å². The lowest BCUT2D eigenvalue weighted by atomic mass is 10.2. The zero-order valence-corrected chi connectivity index (χ0v) is 15.7. The summed E-state index contributed by atoms with van der Waals surface area (Å²) in [5.41, 5.74) is 4.75. The summed E-state index contributed by atoms with van der Waals surface area (Å²) in [6, 6.07) is 16.9. The molecule has 1 aliphatic heterocycles. The summed E-state index contributed by atoms with van der Waals surface area (Å²) in [6.07, 6.45) is 0. The van der Waals surface area contributed by atoms with E-state index >= 15 is 0 Å². The maximum atomic E-state index is 5.54. The highest BCUT2D eigenvalue weighted by Crippen LogP contribution is 2.18. The van der Waals surface area contributed by atoms with Crippen molar-refractivity contribution in [1.29, 1.82) is 0 Å². The van der Waals surface area contributed by atoms with Gasteiger partial charge in [0.2, 0.25) is 0 Å². The number of rotatable bonds is 4. The second kappa shape index (κ2) is 8.32. The molecule has 2 aromatic rings. The Morgan fingerprint density at radius 2 is 1.80 bits per heavy atom. The molecule has 0 saturated carbocycles. The van der Waals surface area contributed by atoms with Gasteiger partial charge >= 0.3 is 0 Å². The van der Waals surface area contributed by atoms with Crippen molar-refractivity contribution in [1.82, 2.24) is 4.90 Å². The molecule has 1 saturated heterocycles. The van der Waals surface area contributed by atoms with E-state index in [9.17, 15) is 0 Å². The molecule has 0 amide bonds. The summed E-state index contributed by atoms with van der Waals surface area (Å²) < 4.78 is 5.41. The summed E-state index contributed by atoms with van der Waals surface area (Å²) in [4.78, 5) is 4.42. The number of morpholine rings is 1. The Bertz CT molecular complexity index is 711. The van der Waals surface area contributed by atoms with Crippen LogP contribution in [0.4, 0.5) is 11.4 Å². The van der Waals surface area contributed by atoms with Gasteiger partial charge in [-0.15, -0.1) is 0 Å². The van der Waals surface area contributed by atoms with Crippen LogP contribution in [0.2, 0.25) is 0 Å². The van der Waals surface area contributed by atoms with Crippen molar-refractivity contribution in [2.45, 2.75) is 13.5 Å². The molecule has 0 aromatic heterocycles. The van der Waals surface area contributed by atoms with Crippen LogP contribution in [-0.4, -0.2) is 43.4 Å². The summed E-state index contributed by atoms with van der Waals surface area (Å²) >= 11 is 5.54. The van der Waals surface area contributed by atoms with E-state index in [1.54, 1.807) is 0 Å². The molecule has 2 aromatic carbocycles. The van der Waals surface area contributed by atoms with Crippen molar-refractivity contribution >= 4 is 28.7 Å². The average molecular weight is 356 g/mol. The van der Waals surface area contributed by atoms with Crippen LogP contribution in [0.1, 0.15) is 11.1 Å². The quantitative estimate of drug-likeness (QED) is 0.845. The van der Waals surface area contributed by atoms with Crippen molar-refractivity contribution in [2.24, 2.45) is 0 Å². The standard InChI is InChI=1S/C20H25N3OS/c1-16-5-3-4-6-19(16)21-20(25)22(2)15-17-7-9-18(10-8-17)23-11-13-24-14-12-23/h3-10H,11-15H2,1-2H3,(H,21,25). The molecule has 1 aliphatic rings. The number of benzene rings is 2. The van der Waals surface area contributed by atoms with Gasteiger partial charge < -0.3 is 19.9 Å². The van der Waals surface area contributed by atoms with Crippen LogP contribution in [0.5, 0.6) is 0 Å². The predicted octanol–water partition coefficient (Wildman–Crippen LogP) is 3.66. The highest BCUT2D eigenvalue weighted by Gasteiger charge is 2.11. The SMILES string of the molecule is Cc1ccccc1NC(=S)N(C)Cc1ccc(N2CCOCC2)cc1. The number of hydrogen-bond acceptors (Lipinski definition) is 3. The topological polar surface area (TPSA) is 27.7 Å². The number of hydrogen-bond donors (Lipinski definition) is 1. The Morgan fingerprint density at radius 1 is 1.12 bits per heavy atom. The Morgan fingerprint density at radius 3 is 2.48 bits per heavy atom. The van der Waals surface area contributed by atoms with Gasteiger partial charge in [0.25, 0.3) is 0 Å². The molecule has 5 heteroatoms. The van der Waals surface area contributed by atoms with Crippen LogP contribution in [0.15, 0.2) is 48.5 Å². The monoisotopic (exact) mass is 355 g/mol. The third-order valence-corrected chi connectivity index (χ3v) is 4.88. The van der Waals surface area contributed by atoms with Crippen molar-refractivity contribution in [3.05, 3.63) is 59.7 Å². The third kappa shape index (κ3) is 4.71. The van der Waals surface area contributed by atoms with Gasteiger partial charge in [-0.3, -0.25) is 0 Å². The minimum atomic E-state index is 0.728. The zero-order chi connectivity index (χ0) is 17.6. The smallest absolute Gasteiger partial charge is 0.173 e. The second-order valence-electron chi connectivity index (χ2n) is 6.37. The van der Waals surface area contributed by atoms with Crippen LogP contribution in [0, 0.1) is 6.92 Å². The van der Waals surface area contributed by atoms with E-state index in [0.29, 0.717) is 0 Å². The Labute approximate surface area is 155 Å². The molecule has 0 aliphatic carbocycles. The molecule has 0 spiro atoms. The molecule has 1 fully saturated rings. The predicted molar refractivity (Wildman–Crippen MR) is 108 cm³/mol. The Balaban J connectivity index is 1.57. The summed E-state index contributed by atoms with van der Waals surface area (Å²) in [5, 5.41) is 4.06. The number of aryl methyl sites for hydroxylation is 1. The number of thiocarbonyl (C=S) groups is 1. The van der Waals surface area contributed by atoms with E-state index in [-0.39, 0.29) is 0 Å². The van der Waals surface area contributed by atoms with Crippen molar-refractivity contribution in [3.8, 4) is 0 Å². The van der Waals surface area contributed by atoms with Crippen LogP contribution >= 0.6 is 12.2 Å². The molecular formula is C20H25N3OS. The van der Waals surface area contributed by atoms with Crippen LogP contribution in [0.3, 0.4) is 0 Å². The van der Waals surface area contributed by atoms with Gasteiger partial charge in [0.15, 0.2) is 5.11 Å². The fourth-order valence-corrected chi connectivity index (χ4v) is 3.08. The molecular weight excluding hydrogens is 330 g/mol. The molecule has 0 radical (unpaired) electrons. The lowest BCUT2D eigenvalue weighted by Gasteiger charge is -2.29.